The zero-order valence-corrected chi connectivity index (χ0v) is 13.9. The van der Waals surface area contributed by atoms with E-state index in [1.807, 2.05) is 23.1 Å². The van der Waals surface area contributed by atoms with Gasteiger partial charge in [0.25, 0.3) is 5.91 Å². The number of amides is 1. The van der Waals surface area contributed by atoms with E-state index < -0.39 is 6.10 Å². The Morgan fingerprint density at radius 3 is 2.70 bits per heavy atom. The van der Waals surface area contributed by atoms with E-state index in [4.69, 9.17) is 16.3 Å². The van der Waals surface area contributed by atoms with E-state index in [2.05, 4.69) is 4.90 Å². The molecule has 0 bridgehead atoms. The number of hydrogen-bond donors (Lipinski definition) is 1. The number of benzene rings is 1. The zero-order valence-electron chi connectivity index (χ0n) is 13.2. The van der Waals surface area contributed by atoms with Crippen LogP contribution in [0.3, 0.4) is 0 Å². The Morgan fingerprint density at radius 2 is 2.04 bits per heavy atom. The third-order valence-electron chi connectivity index (χ3n) is 4.58. The second-order valence-electron chi connectivity index (χ2n) is 6.16. The highest BCUT2D eigenvalue weighted by molar-refractivity contribution is 6.31. The molecule has 0 spiro atoms. The van der Waals surface area contributed by atoms with Gasteiger partial charge in [-0.05, 0) is 18.9 Å². The summed E-state index contributed by atoms with van der Waals surface area (Å²) in [5, 5.41) is 11.0. The maximum Gasteiger partial charge on any atom is 0.251 e. The molecular weight excluding hydrogens is 316 g/mol. The van der Waals surface area contributed by atoms with E-state index in [-0.39, 0.29) is 12.0 Å². The standard InChI is InChI=1S/C17H23ClN2O3/c18-14-5-2-1-4-13(14)15(21)12-19-7-9-20(10-8-19)17(22)16-6-3-11-23-16/h1-2,4-5,15-16,21H,3,6-12H2. The van der Waals surface area contributed by atoms with Crippen molar-refractivity contribution in [2.75, 3.05) is 39.3 Å². The Hall–Kier alpha value is -1.14. The van der Waals surface area contributed by atoms with Crippen molar-refractivity contribution in [1.82, 2.24) is 9.80 Å². The van der Waals surface area contributed by atoms with E-state index in [1.54, 1.807) is 6.07 Å². The summed E-state index contributed by atoms with van der Waals surface area (Å²) in [6, 6.07) is 7.37. The van der Waals surface area contributed by atoms with Crippen molar-refractivity contribution in [3.8, 4) is 0 Å². The predicted molar refractivity (Wildman–Crippen MR) is 88.4 cm³/mol. The summed E-state index contributed by atoms with van der Waals surface area (Å²) in [6.45, 7) is 4.13. The Balaban J connectivity index is 1.49. The maximum absolute atomic E-state index is 12.3. The molecule has 2 aliphatic rings. The van der Waals surface area contributed by atoms with Crippen LogP contribution < -0.4 is 0 Å². The number of nitrogens with zero attached hydrogens (tertiary/aromatic N) is 2. The lowest BCUT2D eigenvalue weighted by Gasteiger charge is -2.36. The predicted octanol–water partition coefficient (Wildman–Crippen LogP) is 1.70. The van der Waals surface area contributed by atoms with Gasteiger partial charge in [0, 0.05) is 49.9 Å². The van der Waals surface area contributed by atoms with Crippen LogP contribution in [-0.2, 0) is 9.53 Å². The molecule has 2 aliphatic heterocycles. The van der Waals surface area contributed by atoms with Crippen LogP contribution in [0.2, 0.25) is 5.02 Å². The van der Waals surface area contributed by atoms with Crippen molar-refractivity contribution in [1.29, 1.82) is 0 Å². The van der Waals surface area contributed by atoms with E-state index in [1.165, 1.54) is 0 Å². The average molecular weight is 339 g/mol. The molecule has 0 aliphatic carbocycles. The van der Waals surface area contributed by atoms with Crippen LogP contribution in [-0.4, -0.2) is 66.2 Å². The van der Waals surface area contributed by atoms with Gasteiger partial charge < -0.3 is 14.7 Å². The van der Waals surface area contributed by atoms with Crippen LogP contribution in [0, 0.1) is 0 Å². The number of aliphatic hydroxyl groups excluding tert-OH is 1. The highest BCUT2D eigenvalue weighted by atomic mass is 35.5. The Bertz CT molecular complexity index is 540. The molecule has 2 saturated heterocycles. The van der Waals surface area contributed by atoms with Crippen LogP contribution in [0.15, 0.2) is 24.3 Å². The van der Waals surface area contributed by atoms with E-state index >= 15 is 0 Å². The van der Waals surface area contributed by atoms with Crippen LogP contribution in [0.4, 0.5) is 0 Å². The number of halogens is 1. The summed E-state index contributed by atoms with van der Waals surface area (Å²) < 4.78 is 5.47. The Kier molecular flexibility index (Phi) is 5.54. The molecule has 1 aromatic carbocycles. The number of rotatable bonds is 4. The molecular formula is C17H23ClN2O3. The Labute approximate surface area is 141 Å². The van der Waals surface area contributed by atoms with Gasteiger partial charge in [0.2, 0.25) is 0 Å². The summed E-state index contributed by atoms with van der Waals surface area (Å²) in [5.74, 6) is 0.119. The van der Waals surface area contributed by atoms with Crippen molar-refractivity contribution >= 4 is 17.5 Å². The summed E-state index contributed by atoms with van der Waals surface area (Å²) in [5.41, 5.74) is 0.757. The number of carbonyl (C=O) groups excluding carboxylic acids is 1. The molecule has 1 amide bonds. The molecule has 2 fully saturated rings. The smallest absolute Gasteiger partial charge is 0.251 e. The average Bonchev–Trinajstić information content (AvgIpc) is 3.09. The SMILES string of the molecule is O=C(C1CCCO1)N1CCN(CC(O)c2ccccc2Cl)CC1. The van der Waals surface area contributed by atoms with Gasteiger partial charge in [0.05, 0.1) is 6.10 Å². The monoisotopic (exact) mass is 338 g/mol. The molecule has 1 aromatic rings. The quantitative estimate of drug-likeness (QED) is 0.908. The Morgan fingerprint density at radius 1 is 1.30 bits per heavy atom. The number of hydrogen-bond acceptors (Lipinski definition) is 4. The molecule has 0 saturated carbocycles. The van der Waals surface area contributed by atoms with E-state index in [0.29, 0.717) is 31.3 Å². The van der Waals surface area contributed by atoms with Gasteiger partial charge in [0.1, 0.15) is 6.10 Å². The first-order chi connectivity index (χ1) is 11.1. The highest BCUT2D eigenvalue weighted by Crippen LogP contribution is 2.24. The number of ether oxygens (including phenoxy) is 1. The maximum atomic E-state index is 12.3. The second-order valence-corrected chi connectivity index (χ2v) is 6.57. The molecule has 126 valence electrons. The van der Waals surface area contributed by atoms with Gasteiger partial charge in [-0.1, -0.05) is 29.8 Å². The fourth-order valence-electron chi connectivity index (χ4n) is 3.22. The highest BCUT2D eigenvalue weighted by Gasteiger charge is 2.30. The molecule has 2 atom stereocenters. The molecule has 0 radical (unpaired) electrons. The lowest BCUT2D eigenvalue weighted by molar-refractivity contribution is -0.142. The first-order valence-corrected chi connectivity index (χ1v) is 8.58. The first kappa shape index (κ1) is 16.7. The lowest BCUT2D eigenvalue weighted by atomic mass is 10.1. The second kappa shape index (κ2) is 7.62. The lowest BCUT2D eigenvalue weighted by Crippen LogP contribution is -2.52. The minimum Gasteiger partial charge on any atom is -0.387 e. The summed E-state index contributed by atoms with van der Waals surface area (Å²) in [4.78, 5) is 16.4. The van der Waals surface area contributed by atoms with Crippen molar-refractivity contribution in [2.24, 2.45) is 0 Å². The van der Waals surface area contributed by atoms with Gasteiger partial charge in [-0.25, -0.2) is 0 Å². The molecule has 2 unspecified atom stereocenters. The topological polar surface area (TPSA) is 53.0 Å². The van der Waals surface area contributed by atoms with Crippen molar-refractivity contribution < 1.29 is 14.6 Å². The molecule has 1 N–H and O–H groups in total. The van der Waals surface area contributed by atoms with Gasteiger partial charge >= 0.3 is 0 Å². The van der Waals surface area contributed by atoms with Gasteiger partial charge in [-0.15, -0.1) is 0 Å². The van der Waals surface area contributed by atoms with Gasteiger partial charge in [-0.2, -0.15) is 0 Å². The van der Waals surface area contributed by atoms with Gasteiger partial charge in [-0.3, -0.25) is 9.69 Å². The zero-order chi connectivity index (χ0) is 16.2. The molecule has 23 heavy (non-hydrogen) atoms. The molecule has 3 rings (SSSR count). The largest absolute Gasteiger partial charge is 0.387 e. The molecule has 2 heterocycles. The summed E-state index contributed by atoms with van der Waals surface area (Å²) in [6.07, 6.45) is 0.962. The fraction of sp³-hybridized carbons (Fsp3) is 0.588. The third kappa shape index (κ3) is 4.04. The van der Waals surface area contributed by atoms with Crippen LogP contribution in [0.5, 0.6) is 0 Å². The number of β-amino-alcohol motifs (C(OH)–C–C–N with tert-alkyl or cyclic N) is 1. The van der Waals surface area contributed by atoms with Crippen molar-refractivity contribution in [3.63, 3.8) is 0 Å². The normalized spacial score (nSPS) is 23.9. The minimum absolute atomic E-state index is 0.119. The number of carbonyl (C=O) groups is 1. The number of aliphatic hydroxyl groups is 1. The molecule has 0 aromatic heterocycles. The molecule has 5 nitrogen and oxygen atoms in total. The summed E-state index contributed by atoms with van der Waals surface area (Å²) >= 11 is 6.13. The molecule has 6 heteroatoms. The van der Waals surface area contributed by atoms with Crippen LogP contribution >= 0.6 is 11.6 Å². The first-order valence-electron chi connectivity index (χ1n) is 8.20. The van der Waals surface area contributed by atoms with Crippen LogP contribution in [0.1, 0.15) is 24.5 Å². The third-order valence-corrected chi connectivity index (χ3v) is 4.93. The van der Waals surface area contributed by atoms with Gasteiger partial charge in [0.15, 0.2) is 0 Å². The van der Waals surface area contributed by atoms with Crippen LogP contribution in [0.25, 0.3) is 0 Å². The number of piperazine rings is 1. The van der Waals surface area contributed by atoms with E-state index in [9.17, 15) is 9.90 Å². The van der Waals surface area contributed by atoms with Crippen molar-refractivity contribution in [2.45, 2.75) is 25.0 Å². The fourth-order valence-corrected chi connectivity index (χ4v) is 3.48. The summed E-state index contributed by atoms with van der Waals surface area (Å²) in [7, 11) is 0. The van der Waals surface area contributed by atoms with Crippen molar-refractivity contribution in [3.05, 3.63) is 34.9 Å². The minimum atomic E-state index is -0.607. The van der Waals surface area contributed by atoms with E-state index in [0.717, 1.165) is 31.5 Å².